The second-order valence-electron chi connectivity index (χ2n) is 5.09. The average molecular weight is 298 g/mol. The first kappa shape index (κ1) is 15.8. The number of ether oxygens (including phenoxy) is 1. The van der Waals surface area contributed by atoms with Gasteiger partial charge in [-0.2, -0.15) is 0 Å². The highest BCUT2D eigenvalue weighted by atomic mass is 16.5. The van der Waals surface area contributed by atoms with Crippen LogP contribution in [0.3, 0.4) is 0 Å². The Morgan fingerprint density at radius 1 is 1.09 bits per heavy atom. The SMILES string of the molecule is Cc1ccc(C(=O)C(C)OC(=O)/C=C/c2ccc(C)o2)cc1. The summed E-state index contributed by atoms with van der Waals surface area (Å²) in [5.74, 6) is 0.514. The van der Waals surface area contributed by atoms with Crippen LogP contribution in [0.15, 0.2) is 46.9 Å². The zero-order valence-corrected chi connectivity index (χ0v) is 12.8. The van der Waals surface area contributed by atoms with E-state index in [1.807, 2.05) is 26.0 Å². The molecule has 4 nitrogen and oxygen atoms in total. The van der Waals surface area contributed by atoms with Crippen LogP contribution in [0.5, 0.6) is 0 Å². The summed E-state index contributed by atoms with van der Waals surface area (Å²) in [5.41, 5.74) is 1.59. The van der Waals surface area contributed by atoms with Crippen LogP contribution in [-0.2, 0) is 9.53 Å². The van der Waals surface area contributed by atoms with Gasteiger partial charge in [0.15, 0.2) is 6.10 Å². The zero-order chi connectivity index (χ0) is 16.1. The minimum absolute atomic E-state index is 0.226. The number of esters is 1. The van der Waals surface area contributed by atoms with Crippen molar-refractivity contribution < 1.29 is 18.7 Å². The molecule has 1 aromatic heterocycles. The molecule has 0 amide bonds. The zero-order valence-electron chi connectivity index (χ0n) is 12.8. The summed E-state index contributed by atoms with van der Waals surface area (Å²) in [5, 5.41) is 0. The number of hydrogen-bond donors (Lipinski definition) is 0. The summed E-state index contributed by atoms with van der Waals surface area (Å²) in [6.45, 7) is 5.32. The highest BCUT2D eigenvalue weighted by molar-refractivity contribution is 6.01. The Kier molecular flexibility index (Phi) is 4.94. The van der Waals surface area contributed by atoms with Gasteiger partial charge in [-0.25, -0.2) is 4.79 Å². The van der Waals surface area contributed by atoms with Crippen LogP contribution in [0.2, 0.25) is 0 Å². The quantitative estimate of drug-likeness (QED) is 0.479. The third-order valence-electron chi connectivity index (χ3n) is 3.14. The molecule has 1 heterocycles. The lowest BCUT2D eigenvalue weighted by atomic mass is 10.1. The summed E-state index contributed by atoms with van der Waals surface area (Å²) >= 11 is 0. The molecule has 1 atom stereocenters. The van der Waals surface area contributed by atoms with E-state index < -0.39 is 12.1 Å². The number of hydrogen-bond acceptors (Lipinski definition) is 4. The number of carbonyl (C=O) groups is 2. The number of aryl methyl sites for hydroxylation is 2. The fourth-order valence-electron chi connectivity index (χ4n) is 1.91. The maximum Gasteiger partial charge on any atom is 0.331 e. The molecule has 22 heavy (non-hydrogen) atoms. The maximum absolute atomic E-state index is 12.1. The Morgan fingerprint density at radius 2 is 1.77 bits per heavy atom. The van der Waals surface area contributed by atoms with Gasteiger partial charge in [-0.1, -0.05) is 29.8 Å². The lowest BCUT2D eigenvalue weighted by molar-refractivity contribution is -0.140. The van der Waals surface area contributed by atoms with Crippen LogP contribution in [0.25, 0.3) is 6.08 Å². The van der Waals surface area contributed by atoms with Crippen LogP contribution < -0.4 is 0 Å². The Hall–Kier alpha value is -2.62. The molecule has 0 saturated heterocycles. The van der Waals surface area contributed by atoms with Gasteiger partial charge >= 0.3 is 5.97 Å². The molecule has 0 aliphatic heterocycles. The molecule has 0 bridgehead atoms. The normalized spacial score (nSPS) is 12.3. The second-order valence-corrected chi connectivity index (χ2v) is 5.09. The van der Waals surface area contributed by atoms with Crippen molar-refractivity contribution in [1.82, 2.24) is 0 Å². The first-order valence-corrected chi connectivity index (χ1v) is 7.02. The van der Waals surface area contributed by atoms with Gasteiger partial charge in [0, 0.05) is 11.6 Å². The third-order valence-corrected chi connectivity index (χ3v) is 3.14. The van der Waals surface area contributed by atoms with Gasteiger partial charge in [0.2, 0.25) is 5.78 Å². The Morgan fingerprint density at radius 3 is 2.36 bits per heavy atom. The first-order valence-electron chi connectivity index (χ1n) is 7.02. The molecule has 0 spiro atoms. The summed E-state index contributed by atoms with van der Waals surface area (Å²) in [7, 11) is 0. The van der Waals surface area contributed by atoms with Gasteiger partial charge in [-0.05, 0) is 39.0 Å². The summed E-state index contributed by atoms with van der Waals surface area (Å²) in [4.78, 5) is 23.9. The van der Waals surface area contributed by atoms with Crippen molar-refractivity contribution in [2.45, 2.75) is 26.9 Å². The fraction of sp³-hybridized carbons (Fsp3) is 0.222. The Bertz CT molecular complexity index is 692. The van der Waals surface area contributed by atoms with E-state index in [4.69, 9.17) is 9.15 Å². The number of rotatable bonds is 5. The van der Waals surface area contributed by atoms with Crippen LogP contribution in [0.1, 0.15) is 34.4 Å². The minimum atomic E-state index is -0.835. The topological polar surface area (TPSA) is 56.5 Å². The van der Waals surface area contributed by atoms with Crippen molar-refractivity contribution in [3.8, 4) is 0 Å². The molecule has 114 valence electrons. The maximum atomic E-state index is 12.1. The van der Waals surface area contributed by atoms with E-state index in [0.717, 1.165) is 11.3 Å². The Balaban J connectivity index is 1.94. The van der Waals surface area contributed by atoms with Gasteiger partial charge in [0.1, 0.15) is 11.5 Å². The van der Waals surface area contributed by atoms with E-state index in [0.29, 0.717) is 11.3 Å². The number of benzene rings is 1. The number of Topliss-reactive ketones (excluding diaryl/α,β-unsaturated/α-hetero) is 1. The summed E-state index contributed by atoms with van der Waals surface area (Å²) in [6.07, 6.45) is 1.92. The van der Waals surface area contributed by atoms with Crippen molar-refractivity contribution in [3.05, 3.63) is 65.1 Å². The average Bonchev–Trinajstić information content (AvgIpc) is 2.91. The molecule has 0 saturated carbocycles. The van der Waals surface area contributed by atoms with Crippen molar-refractivity contribution in [2.75, 3.05) is 0 Å². The van der Waals surface area contributed by atoms with Gasteiger partial charge in [0.05, 0.1) is 0 Å². The molecule has 4 heteroatoms. The van der Waals surface area contributed by atoms with Crippen LogP contribution in [0, 0.1) is 13.8 Å². The standard InChI is InChI=1S/C18H18O4/c1-12-4-7-15(8-5-12)18(20)14(3)22-17(19)11-10-16-9-6-13(2)21-16/h4-11,14H,1-3H3/b11-10+. The van der Waals surface area contributed by atoms with Gasteiger partial charge in [-0.3, -0.25) is 4.79 Å². The van der Waals surface area contributed by atoms with Gasteiger partial charge in [0.25, 0.3) is 0 Å². The lowest BCUT2D eigenvalue weighted by Crippen LogP contribution is -2.23. The predicted molar refractivity (Wildman–Crippen MR) is 83.5 cm³/mol. The molecular formula is C18H18O4. The summed E-state index contributed by atoms with van der Waals surface area (Å²) < 4.78 is 10.4. The monoisotopic (exact) mass is 298 g/mol. The van der Waals surface area contributed by atoms with E-state index in [-0.39, 0.29) is 5.78 Å². The smallest absolute Gasteiger partial charge is 0.331 e. The fourth-order valence-corrected chi connectivity index (χ4v) is 1.91. The van der Waals surface area contributed by atoms with Gasteiger partial charge < -0.3 is 9.15 Å². The van der Waals surface area contributed by atoms with Crippen molar-refractivity contribution in [1.29, 1.82) is 0 Å². The van der Waals surface area contributed by atoms with E-state index >= 15 is 0 Å². The molecular weight excluding hydrogens is 280 g/mol. The van der Waals surface area contributed by atoms with Crippen LogP contribution in [-0.4, -0.2) is 17.9 Å². The predicted octanol–water partition coefficient (Wildman–Crippen LogP) is 3.72. The molecule has 0 aliphatic carbocycles. The van der Waals surface area contributed by atoms with Crippen LogP contribution >= 0.6 is 0 Å². The minimum Gasteiger partial charge on any atom is -0.462 e. The highest BCUT2D eigenvalue weighted by Crippen LogP contribution is 2.10. The van der Waals surface area contributed by atoms with Crippen molar-refractivity contribution >= 4 is 17.8 Å². The van der Waals surface area contributed by atoms with Crippen LogP contribution in [0.4, 0.5) is 0 Å². The molecule has 1 aromatic carbocycles. The number of carbonyl (C=O) groups excluding carboxylic acids is 2. The van der Waals surface area contributed by atoms with Crippen molar-refractivity contribution in [2.24, 2.45) is 0 Å². The lowest BCUT2D eigenvalue weighted by Gasteiger charge is -2.10. The number of furan rings is 1. The molecule has 0 N–H and O–H groups in total. The number of ketones is 1. The van der Waals surface area contributed by atoms with Crippen molar-refractivity contribution in [3.63, 3.8) is 0 Å². The van der Waals surface area contributed by atoms with E-state index in [1.54, 1.807) is 31.2 Å². The Labute approximate surface area is 129 Å². The molecule has 2 rings (SSSR count). The van der Waals surface area contributed by atoms with E-state index in [2.05, 4.69) is 0 Å². The largest absolute Gasteiger partial charge is 0.462 e. The highest BCUT2D eigenvalue weighted by Gasteiger charge is 2.18. The van der Waals surface area contributed by atoms with Gasteiger partial charge in [-0.15, -0.1) is 0 Å². The second kappa shape index (κ2) is 6.89. The van der Waals surface area contributed by atoms with E-state index in [1.165, 1.54) is 12.2 Å². The van der Waals surface area contributed by atoms with E-state index in [9.17, 15) is 9.59 Å². The molecule has 1 unspecified atom stereocenters. The molecule has 0 radical (unpaired) electrons. The first-order chi connectivity index (χ1) is 10.5. The third kappa shape index (κ3) is 4.19. The molecule has 0 fully saturated rings. The molecule has 2 aromatic rings. The summed E-state index contributed by atoms with van der Waals surface area (Å²) in [6, 6.07) is 10.7. The molecule has 0 aliphatic rings.